The standard InChI is InChI=1S/C17H14N2O4S/c18-9-17(19)15(11-6-7-13-14(8-11)23-10-22-13)16(17)24(20,21)12-4-2-1-3-5-12/h1-8,15-16H,10,19H2/t15-,16-,17-/m0/s1. The number of sulfone groups is 1. The average molecular weight is 342 g/mol. The first-order chi connectivity index (χ1) is 11.5. The van der Waals surface area contributed by atoms with E-state index in [0.717, 1.165) is 0 Å². The Morgan fingerprint density at radius 1 is 1.12 bits per heavy atom. The van der Waals surface area contributed by atoms with Crippen molar-refractivity contribution in [2.45, 2.75) is 21.6 Å². The van der Waals surface area contributed by atoms with E-state index in [1.807, 2.05) is 6.07 Å². The Labute approximate surface area is 139 Å². The molecule has 2 N–H and O–H groups in total. The van der Waals surface area contributed by atoms with Gasteiger partial charge in [-0.15, -0.1) is 0 Å². The van der Waals surface area contributed by atoms with Crippen LogP contribution in [0, 0.1) is 11.3 Å². The summed E-state index contributed by atoms with van der Waals surface area (Å²) < 4.78 is 36.4. The summed E-state index contributed by atoms with van der Waals surface area (Å²) >= 11 is 0. The monoisotopic (exact) mass is 342 g/mol. The summed E-state index contributed by atoms with van der Waals surface area (Å²) in [6.45, 7) is 0.126. The van der Waals surface area contributed by atoms with E-state index in [4.69, 9.17) is 15.2 Å². The molecule has 2 aromatic carbocycles. The van der Waals surface area contributed by atoms with Crippen molar-refractivity contribution in [1.29, 1.82) is 5.26 Å². The maximum absolute atomic E-state index is 12.9. The zero-order valence-corrected chi connectivity index (χ0v) is 13.4. The number of rotatable bonds is 3. The molecule has 6 nitrogen and oxygen atoms in total. The molecule has 0 spiro atoms. The quantitative estimate of drug-likeness (QED) is 0.908. The third-order valence-electron chi connectivity index (χ3n) is 4.53. The second-order valence-corrected chi connectivity index (χ2v) is 7.98. The van der Waals surface area contributed by atoms with Gasteiger partial charge in [0.25, 0.3) is 0 Å². The molecule has 122 valence electrons. The van der Waals surface area contributed by atoms with Crippen molar-refractivity contribution < 1.29 is 17.9 Å². The molecule has 1 aliphatic carbocycles. The summed E-state index contributed by atoms with van der Waals surface area (Å²) in [5, 5.41) is 8.49. The van der Waals surface area contributed by atoms with E-state index >= 15 is 0 Å². The molecular weight excluding hydrogens is 328 g/mol. The van der Waals surface area contributed by atoms with Crippen molar-refractivity contribution in [3.05, 3.63) is 54.1 Å². The number of benzene rings is 2. The Morgan fingerprint density at radius 3 is 2.54 bits per heavy atom. The molecule has 0 radical (unpaired) electrons. The lowest BCUT2D eigenvalue weighted by molar-refractivity contribution is 0.174. The van der Waals surface area contributed by atoms with Crippen molar-refractivity contribution in [2.75, 3.05) is 6.79 Å². The predicted molar refractivity (Wildman–Crippen MR) is 85.3 cm³/mol. The van der Waals surface area contributed by atoms with E-state index in [1.54, 1.807) is 36.4 Å². The predicted octanol–water partition coefficient (Wildman–Crippen LogP) is 1.58. The summed E-state index contributed by atoms with van der Waals surface area (Å²) in [5.74, 6) is 0.527. The first-order valence-electron chi connectivity index (χ1n) is 7.37. The minimum atomic E-state index is -3.72. The van der Waals surface area contributed by atoms with Gasteiger partial charge in [0, 0.05) is 5.92 Å². The molecule has 0 unspecified atom stereocenters. The zero-order chi connectivity index (χ0) is 16.9. The summed E-state index contributed by atoms with van der Waals surface area (Å²) in [4.78, 5) is 0.170. The molecule has 2 aliphatic rings. The number of hydrogen-bond acceptors (Lipinski definition) is 6. The molecule has 0 amide bonds. The number of ether oxygens (including phenoxy) is 2. The highest BCUT2D eigenvalue weighted by Gasteiger charge is 2.70. The van der Waals surface area contributed by atoms with Gasteiger partial charge < -0.3 is 15.2 Å². The SMILES string of the molecule is N#C[C@]1(N)[C@@H](c2ccc3c(c2)OCO3)[C@@H]1S(=O)(=O)c1ccccc1. The van der Waals surface area contributed by atoms with Gasteiger partial charge in [-0.2, -0.15) is 5.26 Å². The van der Waals surface area contributed by atoms with Crippen LogP contribution in [0.4, 0.5) is 0 Å². The largest absolute Gasteiger partial charge is 0.454 e. The van der Waals surface area contributed by atoms with Crippen LogP contribution in [0.2, 0.25) is 0 Å². The van der Waals surface area contributed by atoms with E-state index in [-0.39, 0.29) is 11.7 Å². The molecular formula is C17H14N2O4S. The lowest BCUT2D eigenvalue weighted by Gasteiger charge is -2.04. The Bertz CT molecular complexity index is 952. The highest BCUT2D eigenvalue weighted by Crippen LogP contribution is 2.56. The third-order valence-corrected chi connectivity index (χ3v) is 6.79. The van der Waals surface area contributed by atoms with Crippen molar-refractivity contribution in [3.8, 4) is 17.6 Å². The van der Waals surface area contributed by atoms with E-state index < -0.39 is 26.5 Å². The van der Waals surface area contributed by atoms with Crippen LogP contribution < -0.4 is 15.2 Å². The van der Waals surface area contributed by atoms with Gasteiger partial charge >= 0.3 is 0 Å². The van der Waals surface area contributed by atoms with Crippen molar-refractivity contribution in [1.82, 2.24) is 0 Å². The van der Waals surface area contributed by atoms with Crippen LogP contribution >= 0.6 is 0 Å². The second kappa shape index (κ2) is 4.97. The Hall–Kier alpha value is -2.56. The number of nitriles is 1. The van der Waals surface area contributed by atoms with Gasteiger partial charge in [0.2, 0.25) is 6.79 Å². The van der Waals surface area contributed by atoms with Gasteiger partial charge in [-0.1, -0.05) is 24.3 Å². The number of fused-ring (bicyclic) bond motifs is 1. The van der Waals surface area contributed by atoms with Crippen LogP contribution in [0.5, 0.6) is 11.5 Å². The molecule has 1 fully saturated rings. The maximum Gasteiger partial charge on any atom is 0.231 e. The van der Waals surface area contributed by atoms with Gasteiger partial charge in [-0.05, 0) is 29.8 Å². The third kappa shape index (κ3) is 2.00. The molecule has 0 bridgehead atoms. The van der Waals surface area contributed by atoms with E-state index in [1.165, 1.54) is 12.1 Å². The highest BCUT2D eigenvalue weighted by molar-refractivity contribution is 7.92. The molecule has 7 heteroatoms. The minimum Gasteiger partial charge on any atom is -0.454 e. The number of nitrogens with zero attached hydrogens (tertiary/aromatic N) is 1. The Kier molecular flexibility index (Phi) is 3.10. The number of hydrogen-bond donors (Lipinski definition) is 1. The van der Waals surface area contributed by atoms with Gasteiger partial charge in [-0.3, -0.25) is 0 Å². The molecule has 0 aromatic heterocycles. The van der Waals surface area contributed by atoms with Crippen molar-refractivity contribution in [3.63, 3.8) is 0 Å². The minimum absolute atomic E-state index is 0.126. The van der Waals surface area contributed by atoms with Gasteiger partial charge in [0.1, 0.15) is 10.8 Å². The van der Waals surface area contributed by atoms with Crippen LogP contribution in [0.3, 0.4) is 0 Å². The normalized spacial score (nSPS) is 27.5. The maximum atomic E-state index is 12.9. The van der Waals surface area contributed by atoms with E-state index in [0.29, 0.717) is 17.1 Å². The van der Waals surface area contributed by atoms with Gasteiger partial charge in [0.15, 0.2) is 21.3 Å². The highest BCUT2D eigenvalue weighted by atomic mass is 32.2. The molecule has 2 aromatic rings. The number of nitrogens with two attached hydrogens (primary N) is 1. The average Bonchev–Trinajstić information content (AvgIpc) is 3.00. The van der Waals surface area contributed by atoms with E-state index in [9.17, 15) is 13.7 Å². The fourth-order valence-corrected chi connectivity index (χ4v) is 5.46. The first-order valence-corrected chi connectivity index (χ1v) is 8.92. The molecule has 4 rings (SSSR count). The van der Waals surface area contributed by atoms with Crippen molar-refractivity contribution in [2.24, 2.45) is 5.73 Å². The fraction of sp³-hybridized carbons (Fsp3) is 0.235. The molecule has 1 saturated carbocycles. The second-order valence-electron chi connectivity index (χ2n) is 5.91. The van der Waals surface area contributed by atoms with Crippen LogP contribution in [-0.4, -0.2) is 26.0 Å². The topological polar surface area (TPSA) is 102 Å². The molecule has 1 heterocycles. The lowest BCUT2D eigenvalue weighted by Crippen LogP contribution is -2.29. The lowest BCUT2D eigenvalue weighted by atomic mass is 10.1. The smallest absolute Gasteiger partial charge is 0.231 e. The van der Waals surface area contributed by atoms with Crippen LogP contribution in [0.1, 0.15) is 11.5 Å². The molecule has 1 aliphatic heterocycles. The Balaban J connectivity index is 1.76. The molecule has 3 atom stereocenters. The van der Waals surface area contributed by atoms with Crippen LogP contribution in [0.15, 0.2) is 53.4 Å². The zero-order valence-electron chi connectivity index (χ0n) is 12.5. The summed E-state index contributed by atoms with van der Waals surface area (Å²) in [7, 11) is -3.72. The van der Waals surface area contributed by atoms with E-state index in [2.05, 4.69) is 0 Å². The van der Waals surface area contributed by atoms with Crippen LogP contribution in [-0.2, 0) is 9.84 Å². The Morgan fingerprint density at radius 2 is 1.83 bits per heavy atom. The van der Waals surface area contributed by atoms with Gasteiger partial charge in [0.05, 0.1) is 11.0 Å². The molecule has 0 saturated heterocycles. The fourth-order valence-electron chi connectivity index (χ4n) is 3.26. The summed E-state index contributed by atoms with van der Waals surface area (Å²) in [6.07, 6.45) is 0. The van der Waals surface area contributed by atoms with Gasteiger partial charge in [-0.25, -0.2) is 8.42 Å². The molecule has 24 heavy (non-hydrogen) atoms. The summed E-state index contributed by atoms with van der Waals surface area (Å²) in [6, 6.07) is 15.2. The van der Waals surface area contributed by atoms with Crippen LogP contribution in [0.25, 0.3) is 0 Å². The first kappa shape index (κ1) is 15.0. The summed E-state index contributed by atoms with van der Waals surface area (Å²) in [5.41, 5.74) is 5.33. The van der Waals surface area contributed by atoms with Crippen molar-refractivity contribution >= 4 is 9.84 Å².